The van der Waals surface area contributed by atoms with Gasteiger partial charge in [-0.15, -0.1) is 0 Å². The smallest absolute Gasteiger partial charge is 0.306 e. The summed E-state index contributed by atoms with van der Waals surface area (Å²) >= 11 is 0. The minimum absolute atomic E-state index is 0.0694. The number of anilines is 2. The van der Waals surface area contributed by atoms with Gasteiger partial charge in [-0.05, 0) is 42.7 Å². The van der Waals surface area contributed by atoms with Crippen molar-refractivity contribution < 1.29 is 18.3 Å². The van der Waals surface area contributed by atoms with Crippen LogP contribution in [0.25, 0.3) is 0 Å². The van der Waals surface area contributed by atoms with Crippen LogP contribution in [0.15, 0.2) is 41.4 Å². The fraction of sp³-hybridized carbons (Fsp3) is 0.250. The van der Waals surface area contributed by atoms with Gasteiger partial charge < -0.3 is 10.8 Å². The quantitative estimate of drug-likeness (QED) is 0.733. The summed E-state index contributed by atoms with van der Waals surface area (Å²) in [4.78, 5) is 14.6. The molecule has 0 saturated heterocycles. The Morgan fingerprint density at radius 2 is 1.96 bits per heavy atom. The first-order valence-electron chi connectivity index (χ1n) is 7.26. The number of aryl methyl sites for hydroxylation is 1. The summed E-state index contributed by atoms with van der Waals surface area (Å²) in [7, 11) is -3.85. The predicted molar refractivity (Wildman–Crippen MR) is 91.1 cm³/mol. The van der Waals surface area contributed by atoms with Gasteiger partial charge in [0, 0.05) is 11.9 Å². The monoisotopic (exact) mass is 349 g/mol. The molecule has 0 amide bonds. The number of carboxylic acids is 1. The first-order valence-corrected chi connectivity index (χ1v) is 8.74. The lowest BCUT2D eigenvalue weighted by Gasteiger charge is -2.11. The van der Waals surface area contributed by atoms with Crippen molar-refractivity contribution in [2.24, 2.45) is 5.92 Å². The first kappa shape index (κ1) is 17.7. The third-order valence-corrected chi connectivity index (χ3v) is 4.89. The molecule has 0 radical (unpaired) electrons. The number of hydrogen-bond acceptors (Lipinski definition) is 5. The van der Waals surface area contributed by atoms with Gasteiger partial charge in [-0.2, -0.15) is 0 Å². The number of nitrogens with two attached hydrogens (primary N) is 1. The zero-order valence-corrected chi connectivity index (χ0v) is 14.2. The molecule has 0 aliphatic heterocycles. The molecule has 7 nitrogen and oxygen atoms in total. The highest BCUT2D eigenvalue weighted by Gasteiger charge is 2.19. The number of benzene rings is 1. The minimum atomic E-state index is -3.85. The summed E-state index contributed by atoms with van der Waals surface area (Å²) in [5, 5.41) is 8.92. The van der Waals surface area contributed by atoms with E-state index < -0.39 is 21.9 Å². The standard InChI is InChI=1S/C16H19N3O4S/c1-10-7-14(15(17)18-9-10)24(22,23)19-13-5-3-12(4-6-13)8-11(2)16(20)21/h3-7,9,11,19H,8H2,1-2H3,(H2,17,18)(H,20,21). The predicted octanol–water partition coefficient (Wildman–Crippen LogP) is 2.04. The van der Waals surface area contributed by atoms with Crippen LogP contribution in [0.4, 0.5) is 11.5 Å². The van der Waals surface area contributed by atoms with Gasteiger partial charge in [-0.25, -0.2) is 13.4 Å². The molecule has 1 aromatic carbocycles. The molecular formula is C16H19N3O4S. The number of pyridine rings is 1. The van der Waals surface area contributed by atoms with Crippen molar-refractivity contribution in [2.45, 2.75) is 25.2 Å². The van der Waals surface area contributed by atoms with Crippen LogP contribution in [0.2, 0.25) is 0 Å². The van der Waals surface area contributed by atoms with Crippen LogP contribution < -0.4 is 10.5 Å². The maximum absolute atomic E-state index is 12.4. The fourth-order valence-electron chi connectivity index (χ4n) is 2.13. The lowest BCUT2D eigenvalue weighted by molar-refractivity contribution is -0.141. The second kappa shape index (κ2) is 6.88. The number of nitrogens with zero attached hydrogens (tertiary/aromatic N) is 1. The maximum atomic E-state index is 12.4. The number of aliphatic carboxylic acids is 1. The largest absolute Gasteiger partial charge is 0.481 e. The van der Waals surface area contributed by atoms with E-state index in [1.807, 2.05) is 0 Å². The second-order valence-corrected chi connectivity index (χ2v) is 7.29. The Hall–Kier alpha value is -2.61. The summed E-state index contributed by atoms with van der Waals surface area (Å²) in [5.41, 5.74) is 7.51. The van der Waals surface area contributed by atoms with Crippen molar-refractivity contribution in [1.29, 1.82) is 0 Å². The SMILES string of the molecule is Cc1cnc(N)c(S(=O)(=O)Nc2ccc(CC(C)C(=O)O)cc2)c1. The number of nitrogens with one attached hydrogen (secondary N) is 1. The summed E-state index contributed by atoms with van der Waals surface area (Å²) in [6.45, 7) is 3.34. The van der Waals surface area contributed by atoms with E-state index in [4.69, 9.17) is 10.8 Å². The molecule has 4 N–H and O–H groups in total. The van der Waals surface area contributed by atoms with Crippen LogP contribution in [-0.2, 0) is 21.2 Å². The van der Waals surface area contributed by atoms with Crippen LogP contribution >= 0.6 is 0 Å². The molecular weight excluding hydrogens is 330 g/mol. The highest BCUT2D eigenvalue weighted by atomic mass is 32.2. The summed E-state index contributed by atoms with van der Waals surface area (Å²) in [6.07, 6.45) is 1.86. The van der Waals surface area contributed by atoms with Crippen LogP contribution in [0.5, 0.6) is 0 Å². The van der Waals surface area contributed by atoms with Crippen molar-refractivity contribution in [3.8, 4) is 0 Å². The fourth-order valence-corrected chi connectivity index (χ4v) is 3.35. The number of sulfonamides is 1. The van der Waals surface area contributed by atoms with E-state index in [0.717, 1.165) is 5.56 Å². The molecule has 1 atom stereocenters. The van der Waals surface area contributed by atoms with E-state index >= 15 is 0 Å². The average Bonchev–Trinajstić information content (AvgIpc) is 2.51. The molecule has 1 heterocycles. The van der Waals surface area contributed by atoms with E-state index in [1.165, 1.54) is 12.3 Å². The van der Waals surface area contributed by atoms with Gasteiger partial charge in [0.15, 0.2) is 0 Å². The van der Waals surface area contributed by atoms with Crippen LogP contribution in [0.1, 0.15) is 18.1 Å². The van der Waals surface area contributed by atoms with Crippen LogP contribution in [0.3, 0.4) is 0 Å². The van der Waals surface area contributed by atoms with Gasteiger partial charge >= 0.3 is 5.97 Å². The van der Waals surface area contributed by atoms with E-state index in [0.29, 0.717) is 17.7 Å². The number of hydrogen-bond donors (Lipinski definition) is 3. The van der Waals surface area contributed by atoms with E-state index in [2.05, 4.69) is 9.71 Å². The normalized spacial score (nSPS) is 12.6. The van der Waals surface area contributed by atoms with Gasteiger partial charge in [0.2, 0.25) is 0 Å². The Labute approximate surface area is 140 Å². The minimum Gasteiger partial charge on any atom is -0.481 e. The van der Waals surface area contributed by atoms with Crippen molar-refractivity contribution in [1.82, 2.24) is 4.98 Å². The molecule has 1 unspecified atom stereocenters. The molecule has 0 aliphatic rings. The average molecular weight is 349 g/mol. The molecule has 0 bridgehead atoms. The number of aromatic nitrogens is 1. The molecule has 24 heavy (non-hydrogen) atoms. The summed E-state index contributed by atoms with van der Waals surface area (Å²) < 4.78 is 27.3. The lowest BCUT2D eigenvalue weighted by Crippen LogP contribution is -2.16. The molecule has 128 valence electrons. The maximum Gasteiger partial charge on any atom is 0.306 e. The van der Waals surface area contributed by atoms with E-state index in [9.17, 15) is 13.2 Å². The molecule has 0 saturated carbocycles. The lowest BCUT2D eigenvalue weighted by atomic mass is 10.0. The molecule has 1 aromatic heterocycles. The third kappa shape index (κ3) is 4.23. The highest BCUT2D eigenvalue weighted by molar-refractivity contribution is 7.92. The Morgan fingerprint density at radius 1 is 1.33 bits per heavy atom. The number of nitrogen functional groups attached to an aromatic ring is 1. The van der Waals surface area contributed by atoms with Crippen molar-refractivity contribution >= 4 is 27.5 Å². The first-order chi connectivity index (χ1) is 11.2. The van der Waals surface area contributed by atoms with Crippen molar-refractivity contribution in [3.63, 3.8) is 0 Å². The third-order valence-electron chi connectivity index (χ3n) is 3.48. The molecule has 0 spiro atoms. The van der Waals surface area contributed by atoms with E-state index in [1.54, 1.807) is 38.1 Å². The Morgan fingerprint density at radius 3 is 2.54 bits per heavy atom. The van der Waals surface area contributed by atoms with Gasteiger partial charge in [0.25, 0.3) is 10.0 Å². The summed E-state index contributed by atoms with van der Waals surface area (Å²) in [5.74, 6) is -1.45. The summed E-state index contributed by atoms with van der Waals surface area (Å²) in [6, 6.07) is 8.00. The van der Waals surface area contributed by atoms with Gasteiger partial charge in [0.1, 0.15) is 10.7 Å². The van der Waals surface area contributed by atoms with Crippen LogP contribution in [-0.4, -0.2) is 24.5 Å². The Kier molecular flexibility index (Phi) is 5.08. The Bertz CT molecular complexity index is 848. The zero-order valence-electron chi connectivity index (χ0n) is 13.4. The van der Waals surface area contributed by atoms with Crippen LogP contribution in [0, 0.1) is 12.8 Å². The molecule has 2 rings (SSSR count). The number of rotatable bonds is 6. The Balaban J connectivity index is 2.18. The van der Waals surface area contributed by atoms with Gasteiger partial charge in [0.05, 0.1) is 5.92 Å². The topological polar surface area (TPSA) is 122 Å². The number of carbonyl (C=O) groups is 1. The molecule has 2 aromatic rings. The van der Waals surface area contributed by atoms with Crippen molar-refractivity contribution in [3.05, 3.63) is 47.7 Å². The highest BCUT2D eigenvalue weighted by Crippen LogP contribution is 2.21. The number of carboxylic acid groups (broad SMARTS) is 1. The zero-order chi connectivity index (χ0) is 17.9. The molecule has 8 heteroatoms. The molecule has 0 aliphatic carbocycles. The van der Waals surface area contributed by atoms with Gasteiger partial charge in [-0.1, -0.05) is 19.1 Å². The van der Waals surface area contributed by atoms with Gasteiger partial charge in [-0.3, -0.25) is 9.52 Å². The molecule has 0 fully saturated rings. The van der Waals surface area contributed by atoms with Crippen molar-refractivity contribution in [2.75, 3.05) is 10.5 Å². The second-order valence-electron chi connectivity index (χ2n) is 5.64. The van der Waals surface area contributed by atoms with E-state index in [-0.39, 0.29) is 10.7 Å².